The van der Waals surface area contributed by atoms with Gasteiger partial charge in [0.05, 0.1) is 77.9 Å². The van der Waals surface area contributed by atoms with Crippen LogP contribution in [0.25, 0.3) is 10.9 Å². The molecule has 0 unspecified atom stereocenters. The minimum atomic E-state index is -1.87. The molecule has 0 amide bonds. The number of methoxy groups -OCH3 is 1. The molecule has 4 aliphatic rings. The highest BCUT2D eigenvalue weighted by molar-refractivity contribution is 6.34. The predicted molar refractivity (Wildman–Crippen MR) is 304 cm³/mol. The van der Waals surface area contributed by atoms with Crippen molar-refractivity contribution in [2.75, 3.05) is 59.9 Å². The Morgan fingerprint density at radius 3 is 2.26 bits per heavy atom. The number of carbonyl (C=O) groups excluding carboxylic acids is 3. The van der Waals surface area contributed by atoms with Crippen LogP contribution in [0.1, 0.15) is 144 Å². The van der Waals surface area contributed by atoms with Gasteiger partial charge in [-0.3, -0.25) is 14.4 Å². The van der Waals surface area contributed by atoms with Crippen LogP contribution in [-0.2, 0) is 52.2 Å². The van der Waals surface area contributed by atoms with E-state index in [2.05, 4.69) is 5.32 Å². The van der Waals surface area contributed by atoms with Gasteiger partial charge in [0, 0.05) is 62.2 Å². The van der Waals surface area contributed by atoms with Crippen LogP contribution in [0.15, 0.2) is 23.1 Å². The molecule has 0 bridgehead atoms. The number of rotatable bonds is 18. The largest absolute Gasteiger partial charge is 0.459 e. The number of ether oxygens (including phenoxy) is 9. The molecule has 18 atom stereocenters. The molecular formula is C59H95ClN4O17. The number of likely N-dealkylation sites (N-methyl/N-ethyl adjacent to an activating group) is 2. The summed E-state index contributed by atoms with van der Waals surface area (Å²) in [7, 11) is 7.05. The maximum atomic E-state index is 14.6. The molecular weight excluding hydrogens is 1070 g/mol. The fourth-order valence-corrected chi connectivity index (χ4v) is 12.5. The average molecular weight is 1170 g/mol. The monoisotopic (exact) mass is 1170 g/mol. The maximum absolute atomic E-state index is 14.6. The minimum absolute atomic E-state index is 0.0107. The first-order chi connectivity index (χ1) is 37.8. The van der Waals surface area contributed by atoms with Gasteiger partial charge in [-0.1, -0.05) is 32.4 Å². The van der Waals surface area contributed by atoms with E-state index >= 15 is 0 Å². The average Bonchev–Trinajstić information content (AvgIpc) is 4.25. The number of benzene rings is 1. The van der Waals surface area contributed by atoms with E-state index < -0.39 is 119 Å². The Bertz CT molecular complexity index is 2510. The van der Waals surface area contributed by atoms with Gasteiger partial charge in [-0.2, -0.15) is 0 Å². The molecule has 6 rings (SSSR count). The van der Waals surface area contributed by atoms with E-state index in [0.29, 0.717) is 34.6 Å². The summed E-state index contributed by atoms with van der Waals surface area (Å²) >= 11 is 6.71. The molecule has 4 fully saturated rings. The number of esters is 3. The topological polar surface area (TPSA) is 256 Å². The molecule has 21 nitrogen and oxygen atoms in total. The Labute approximate surface area is 483 Å². The zero-order chi connectivity index (χ0) is 60.2. The lowest BCUT2D eigenvalue weighted by atomic mass is 9.77. The van der Waals surface area contributed by atoms with Crippen molar-refractivity contribution >= 4 is 46.1 Å². The molecule has 1 aromatic carbocycles. The molecule has 1 saturated carbocycles. The SMILES string of the molecule is CC[C@H]1OC(=O)[C@H](C)[C@@H](O[C@H]2C[C@@](C)(OC)[C@@H](OC(=O)CCOCCNc3cc4c(=O)c(C(=O)OC(C)C)cn(C5CC5)c4cc3Cl)[C@H](C)O2)[C@H](C)[C@@H](O[C@@H]2O[C@H](C)C[C@H](N(C)C)[C@@H]2O)[C@](C)(O)C[C@@H](C)CN(C)[C@H](C)[C@@H](O)[C@]1(C)O. The first kappa shape index (κ1) is 66.6. The van der Waals surface area contributed by atoms with Crippen molar-refractivity contribution in [2.24, 2.45) is 17.8 Å². The quantitative estimate of drug-likeness (QED) is 0.0668. The van der Waals surface area contributed by atoms with E-state index in [1.54, 1.807) is 80.6 Å². The molecule has 5 N–H and O–H groups in total. The number of hydrogen-bond donors (Lipinski definition) is 5. The minimum Gasteiger partial charge on any atom is -0.459 e. The molecule has 0 radical (unpaired) electrons. The van der Waals surface area contributed by atoms with Gasteiger partial charge < -0.3 is 82.7 Å². The van der Waals surface area contributed by atoms with E-state index in [1.807, 2.05) is 49.4 Å². The molecule has 81 heavy (non-hydrogen) atoms. The Kier molecular flexibility index (Phi) is 22.7. The Morgan fingerprint density at radius 1 is 0.963 bits per heavy atom. The van der Waals surface area contributed by atoms with Gasteiger partial charge in [0.25, 0.3) is 0 Å². The lowest BCUT2D eigenvalue weighted by Crippen LogP contribution is -2.61. The Morgan fingerprint density at radius 2 is 1.64 bits per heavy atom. The van der Waals surface area contributed by atoms with Crippen molar-refractivity contribution in [3.05, 3.63) is 39.1 Å². The number of anilines is 1. The highest BCUT2D eigenvalue weighted by Gasteiger charge is 2.54. The van der Waals surface area contributed by atoms with Gasteiger partial charge in [-0.05, 0) is 134 Å². The third-order valence-corrected chi connectivity index (χ3v) is 17.4. The van der Waals surface area contributed by atoms with Gasteiger partial charge in [-0.15, -0.1) is 0 Å². The maximum Gasteiger partial charge on any atom is 0.343 e. The van der Waals surface area contributed by atoms with Crippen LogP contribution < -0.4 is 10.7 Å². The summed E-state index contributed by atoms with van der Waals surface area (Å²) in [6.07, 6.45) is -6.39. The van der Waals surface area contributed by atoms with Crippen LogP contribution in [0.4, 0.5) is 5.69 Å². The number of nitrogens with zero attached hydrogens (tertiary/aromatic N) is 3. The van der Waals surface area contributed by atoms with Crippen LogP contribution >= 0.6 is 11.6 Å². The van der Waals surface area contributed by atoms with Crippen molar-refractivity contribution < 1.29 is 77.4 Å². The molecule has 460 valence electrons. The van der Waals surface area contributed by atoms with Crippen LogP contribution in [0, 0.1) is 17.8 Å². The summed E-state index contributed by atoms with van der Waals surface area (Å²) in [5.41, 5.74) is -4.10. The molecule has 3 aliphatic heterocycles. The van der Waals surface area contributed by atoms with Crippen LogP contribution in [0.5, 0.6) is 0 Å². The number of cyclic esters (lactones) is 1. The highest BCUT2D eigenvalue weighted by atomic mass is 35.5. The van der Waals surface area contributed by atoms with Gasteiger partial charge >= 0.3 is 17.9 Å². The normalized spacial score (nSPS) is 36.9. The van der Waals surface area contributed by atoms with Crippen LogP contribution in [-0.4, -0.2) is 204 Å². The van der Waals surface area contributed by atoms with Crippen LogP contribution in [0.2, 0.25) is 5.02 Å². The van der Waals surface area contributed by atoms with Crippen molar-refractivity contribution in [3.63, 3.8) is 0 Å². The fraction of sp³-hybridized carbons (Fsp3) is 0.797. The van der Waals surface area contributed by atoms with E-state index in [-0.39, 0.29) is 75.1 Å². The van der Waals surface area contributed by atoms with Gasteiger partial charge in [0.2, 0.25) is 5.43 Å². The lowest BCUT2D eigenvalue weighted by molar-refractivity contribution is -0.318. The summed E-state index contributed by atoms with van der Waals surface area (Å²) in [4.78, 5) is 58.5. The van der Waals surface area contributed by atoms with Crippen molar-refractivity contribution in [2.45, 2.75) is 230 Å². The van der Waals surface area contributed by atoms with Crippen molar-refractivity contribution in [3.8, 4) is 0 Å². The van der Waals surface area contributed by atoms with Gasteiger partial charge in [-0.25, -0.2) is 4.79 Å². The second-order valence-corrected chi connectivity index (χ2v) is 25.1. The smallest absolute Gasteiger partial charge is 0.343 e. The molecule has 1 aromatic heterocycles. The number of fused-ring (bicyclic) bond motifs is 1. The summed E-state index contributed by atoms with van der Waals surface area (Å²) in [5, 5.41) is 52.1. The Balaban J connectivity index is 1.17. The number of aliphatic hydroxyl groups is 4. The Hall–Kier alpha value is -3.55. The number of nitrogens with one attached hydrogen (secondary N) is 1. The predicted octanol–water partition coefficient (Wildman–Crippen LogP) is 5.84. The van der Waals surface area contributed by atoms with Gasteiger partial charge in [0.15, 0.2) is 18.7 Å². The van der Waals surface area contributed by atoms with E-state index in [0.717, 1.165) is 12.8 Å². The zero-order valence-corrected chi connectivity index (χ0v) is 51.4. The van der Waals surface area contributed by atoms with Crippen molar-refractivity contribution in [1.82, 2.24) is 14.4 Å². The number of carbonyl (C=O) groups is 3. The second kappa shape index (κ2) is 27.7. The third kappa shape index (κ3) is 15.9. The number of halogens is 1. The summed E-state index contributed by atoms with van der Waals surface area (Å²) in [5.74, 6) is -4.17. The number of hydrogen-bond acceptors (Lipinski definition) is 20. The number of pyridine rings is 1. The lowest BCUT2D eigenvalue weighted by Gasteiger charge is -2.49. The molecule has 22 heteroatoms. The first-order valence-corrected chi connectivity index (χ1v) is 29.4. The van der Waals surface area contributed by atoms with Crippen molar-refractivity contribution in [1.29, 1.82) is 0 Å². The van der Waals surface area contributed by atoms with E-state index in [4.69, 9.17) is 54.2 Å². The molecule has 3 saturated heterocycles. The summed E-state index contributed by atoms with van der Waals surface area (Å²) in [6.45, 7) is 21.7. The van der Waals surface area contributed by atoms with Crippen LogP contribution in [0.3, 0.4) is 0 Å². The van der Waals surface area contributed by atoms with Gasteiger partial charge in [0.1, 0.15) is 35.1 Å². The highest BCUT2D eigenvalue weighted by Crippen LogP contribution is 2.42. The standard InChI is InChI=1S/C59H95ClN4O17/c1-17-45-59(12,72)51(68)36(8)63(15)29-32(4)27-57(10,71)52(81-56-49(67)44(62(13)14)24-33(5)76-56)34(6)50(35(7)54(69)78-45)80-47-28-58(11,73-16)53(37(9)77-47)79-46(65)20-22-74-23-21-61-42-25-39-43(26-41(42)60)64(38-18-19-38)30-40(48(39)66)55(70)75-31(2)3/h25-26,30-38,44-45,47,49-53,56,61,67-68,71-72H,17-24,27-29H2,1-16H3/t32-,33-,34+,35-,36-,37+,44+,45-,47+,49+,50+,51-,52-,53+,56+,57-,58-,59-/m1/s1. The molecule has 4 heterocycles. The molecule has 1 aliphatic carbocycles. The summed E-state index contributed by atoms with van der Waals surface area (Å²) in [6, 6.07) is 2.58. The van der Waals surface area contributed by atoms with E-state index in [9.17, 15) is 39.6 Å². The number of aliphatic hydroxyl groups excluding tert-OH is 2. The molecule has 2 aromatic rings. The third-order valence-electron chi connectivity index (χ3n) is 17.1. The van der Waals surface area contributed by atoms with E-state index in [1.165, 1.54) is 14.0 Å². The zero-order valence-electron chi connectivity index (χ0n) is 50.6. The summed E-state index contributed by atoms with van der Waals surface area (Å²) < 4.78 is 58.0. The molecule has 0 spiro atoms. The second-order valence-electron chi connectivity index (χ2n) is 24.7. The first-order valence-electron chi connectivity index (χ1n) is 29.0. The fourth-order valence-electron chi connectivity index (χ4n) is 12.2. The number of aromatic nitrogens is 1.